The molecule has 0 radical (unpaired) electrons. The van der Waals surface area contributed by atoms with Crippen LogP contribution in [0.25, 0.3) is 10.2 Å². The van der Waals surface area contributed by atoms with Gasteiger partial charge >= 0.3 is 0 Å². The number of sulfonamides is 1. The lowest BCUT2D eigenvalue weighted by Crippen LogP contribution is -2.37. The number of benzene rings is 2. The summed E-state index contributed by atoms with van der Waals surface area (Å²) in [6, 6.07) is 9.62. The molecule has 0 bridgehead atoms. The molecule has 0 N–H and O–H groups in total. The molecule has 190 valence electrons. The lowest BCUT2D eigenvalue weighted by molar-refractivity contribution is 0.0998. The summed E-state index contributed by atoms with van der Waals surface area (Å²) in [7, 11) is 1.30. The molecule has 0 saturated heterocycles. The second-order valence-electron chi connectivity index (χ2n) is 9.17. The molecule has 3 rings (SSSR count). The molecule has 0 spiro atoms. The first kappa shape index (κ1) is 26.9. The average molecular weight is 520 g/mol. The second kappa shape index (κ2) is 10.9. The van der Waals surface area contributed by atoms with Gasteiger partial charge < -0.3 is 14.0 Å². The van der Waals surface area contributed by atoms with E-state index in [0.717, 1.165) is 10.2 Å². The van der Waals surface area contributed by atoms with Crippen LogP contribution in [0.2, 0.25) is 0 Å². The minimum Gasteiger partial charge on any atom is -0.497 e. The Balaban J connectivity index is 1.94. The van der Waals surface area contributed by atoms with Crippen molar-refractivity contribution >= 4 is 37.5 Å². The van der Waals surface area contributed by atoms with Crippen molar-refractivity contribution in [3.63, 3.8) is 0 Å². The van der Waals surface area contributed by atoms with Crippen LogP contribution in [0.1, 0.15) is 38.1 Å². The average Bonchev–Trinajstić information content (AvgIpc) is 3.12. The van der Waals surface area contributed by atoms with E-state index in [2.05, 4.69) is 4.99 Å². The summed E-state index contributed by atoms with van der Waals surface area (Å²) in [6.07, 6.45) is 0. The zero-order valence-electron chi connectivity index (χ0n) is 21.2. The van der Waals surface area contributed by atoms with E-state index in [0.29, 0.717) is 35.0 Å². The number of hydrogen-bond donors (Lipinski definition) is 0. The third kappa shape index (κ3) is 5.94. The van der Waals surface area contributed by atoms with Crippen molar-refractivity contribution in [2.45, 2.75) is 32.6 Å². The Morgan fingerprint density at radius 1 is 1.03 bits per heavy atom. The number of carbonyl (C=O) groups is 1. The number of amides is 1. The van der Waals surface area contributed by atoms with Gasteiger partial charge in [0.1, 0.15) is 17.0 Å². The van der Waals surface area contributed by atoms with Gasteiger partial charge in [0, 0.05) is 31.8 Å². The zero-order chi connectivity index (χ0) is 25.9. The van der Waals surface area contributed by atoms with Crippen LogP contribution in [0.3, 0.4) is 0 Å². The summed E-state index contributed by atoms with van der Waals surface area (Å²) in [5.74, 6) is 1.21. The van der Waals surface area contributed by atoms with Crippen LogP contribution >= 0.6 is 11.3 Å². The molecule has 0 saturated carbocycles. The minimum atomic E-state index is -3.67. The summed E-state index contributed by atoms with van der Waals surface area (Å²) in [4.78, 5) is 17.9. The number of aromatic nitrogens is 1. The van der Waals surface area contributed by atoms with Gasteiger partial charge in [0.25, 0.3) is 5.91 Å². The van der Waals surface area contributed by atoms with Gasteiger partial charge in [-0.3, -0.25) is 4.79 Å². The van der Waals surface area contributed by atoms with Gasteiger partial charge in [-0.05, 0) is 42.2 Å². The Kier molecular flexibility index (Phi) is 8.40. The van der Waals surface area contributed by atoms with Gasteiger partial charge in [-0.25, -0.2) is 8.42 Å². The van der Waals surface area contributed by atoms with E-state index in [1.165, 1.54) is 39.9 Å². The van der Waals surface area contributed by atoms with E-state index < -0.39 is 15.9 Å². The van der Waals surface area contributed by atoms with Gasteiger partial charge in [-0.1, -0.05) is 39.0 Å². The summed E-state index contributed by atoms with van der Waals surface area (Å²) in [5.41, 5.74) is 1.12. The summed E-state index contributed by atoms with van der Waals surface area (Å²) < 4.78 is 41.4. The Labute approximate surface area is 210 Å². The molecule has 0 atom stereocenters. The Bertz CT molecular complexity index is 1360. The Morgan fingerprint density at radius 2 is 1.63 bits per heavy atom. The number of carbonyl (C=O) groups excluding carboxylic acids is 1. The van der Waals surface area contributed by atoms with Crippen molar-refractivity contribution in [2.24, 2.45) is 23.9 Å². The molecular formula is C25H33N3O5S2. The van der Waals surface area contributed by atoms with E-state index >= 15 is 0 Å². The lowest BCUT2D eigenvalue weighted by Gasteiger charge is -2.25. The van der Waals surface area contributed by atoms with E-state index in [9.17, 15) is 13.2 Å². The highest BCUT2D eigenvalue weighted by Gasteiger charge is 2.26. The van der Waals surface area contributed by atoms with Crippen LogP contribution in [0.4, 0.5) is 0 Å². The first-order valence-electron chi connectivity index (χ1n) is 11.4. The predicted molar refractivity (Wildman–Crippen MR) is 139 cm³/mol. The Hall–Kier alpha value is -2.69. The van der Waals surface area contributed by atoms with Crippen molar-refractivity contribution in [3.05, 3.63) is 46.8 Å². The molecule has 0 aliphatic carbocycles. The summed E-state index contributed by atoms with van der Waals surface area (Å²) in [6.45, 7) is 8.84. The zero-order valence-corrected chi connectivity index (χ0v) is 22.9. The van der Waals surface area contributed by atoms with Crippen LogP contribution in [0.5, 0.6) is 11.5 Å². The molecule has 0 unspecified atom stereocenters. The number of aryl methyl sites for hydroxylation is 1. The highest BCUT2D eigenvalue weighted by atomic mass is 32.2. The van der Waals surface area contributed by atoms with Crippen LogP contribution < -0.4 is 14.3 Å². The van der Waals surface area contributed by atoms with E-state index in [-0.39, 0.29) is 16.7 Å². The fourth-order valence-electron chi connectivity index (χ4n) is 3.76. The number of fused-ring (bicyclic) bond motifs is 1. The van der Waals surface area contributed by atoms with Gasteiger partial charge in [-0.15, -0.1) is 0 Å². The van der Waals surface area contributed by atoms with Crippen LogP contribution in [-0.2, 0) is 17.1 Å². The Morgan fingerprint density at radius 3 is 2.14 bits per heavy atom. The van der Waals surface area contributed by atoms with E-state index in [1.54, 1.807) is 24.9 Å². The van der Waals surface area contributed by atoms with Gasteiger partial charge in [0.05, 0.1) is 23.8 Å². The summed E-state index contributed by atoms with van der Waals surface area (Å²) in [5, 5.41) is 0. The molecule has 1 heterocycles. The topological polar surface area (TPSA) is 90.2 Å². The molecule has 3 aromatic rings. The molecule has 0 aliphatic heterocycles. The number of rotatable bonds is 9. The van der Waals surface area contributed by atoms with Gasteiger partial charge in [0.15, 0.2) is 4.80 Å². The summed E-state index contributed by atoms with van der Waals surface area (Å²) >= 11 is 1.34. The molecule has 35 heavy (non-hydrogen) atoms. The van der Waals surface area contributed by atoms with Crippen molar-refractivity contribution < 1.29 is 22.7 Å². The second-order valence-corrected chi connectivity index (χ2v) is 12.1. The molecular weight excluding hydrogens is 486 g/mol. The normalized spacial score (nSPS) is 12.8. The molecule has 8 nitrogen and oxygen atoms in total. The molecule has 0 aliphatic rings. The molecule has 0 fully saturated rings. The molecule has 2 aromatic carbocycles. The van der Waals surface area contributed by atoms with Crippen LogP contribution in [-0.4, -0.2) is 50.5 Å². The monoisotopic (exact) mass is 519 g/mol. The number of ether oxygens (including phenoxy) is 2. The minimum absolute atomic E-state index is 0.166. The number of nitrogens with zero attached hydrogens (tertiary/aromatic N) is 3. The van der Waals surface area contributed by atoms with Crippen molar-refractivity contribution in [1.29, 1.82) is 0 Å². The first-order chi connectivity index (χ1) is 16.5. The largest absolute Gasteiger partial charge is 0.497 e. The number of hydrogen-bond acceptors (Lipinski definition) is 6. The predicted octanol–water partition coefficient (Wildman–Crippen LogP) is 4.30. The van der Waals surface area contributed by atoms with Crippen molar-refractivity contribution in [1.82, 2.24) is 8.87 Å². The fraction of sp³-hybridized carbons (Fsp3) is 0.440. The maximum atomic E-state index is 13.2. The van der Waals surface area contributed by atoms with Gasteiger partial charge in [0.2, 0.25) is 10.0 Å². The molecule has 1 aromatic heterocycles. The number of methoxy groups -OCH3 is 2. The first-order valence-corrected chi connectivity index (χ1v) is 13.6. The van der Waals surface area contributed by atoms with Crippen LogP contribution in [0, 0.1) is 11.8 Å². The molecule has 10 heteroatoms. The standard InChI is InChI=1S/C25H33N3O5S2/c1-16(2)14-28(15-17(3)4)35(30,31)20-10-8-18(9-11-20)24(29)26-25-27(5)23-21(33-7)12-19(32-6)13-22(23)34-25/h8-13,16-17H,14-15H2,1-7H3. The number of thiazole rings is 1. The highest BCUT2D eigenvalue weighted by Crippen LogP contribution is 2.32. The smallest absolute Gasteiger partial charge is 0.279 e. The van der Waals surface area contributed by atoms with Crippen molar-refractivity contribution in [2.75, 3.05) is 27.3 Å². The quantitative estimate of drug-likeness (QED) is 0.420. The van der Waals surface area contributed by atoms with Crippen LogP contribution in [0.15, 0.2) is 46.3 Å². The third-order valence-corrected chi connectivity index (χ3v) is 8.29. The lowest BCUT2D eigenvalue weighted by atomic mass is 10.2. The van der Waals surface area contributed by atoms with Crippen molar-refractivity contribution in [3.8, 4) is 11.5 Å². The molecule has 1 amide bonds. The third-order valence-electron chi connectivity index (χ3n) is 5.37. The van der Waals surface area contributed by atoms with E-state index in [4.69, 9.17) is 9.47 Å². The highest BCUT2D eigenvalue weighted by molar-refractivity contribution is 7.89. The fourth-order valence-corrected chi connectivity index (χ4v) is 6.59. The maximum absolute atomic E-state index is 13.2. The SMILES string of the molecule is COc1cc(OC)c2c(c1)sc(=NC(=O)c1ccc(S(=O)(=O)N(CC(C)C)CC(C)C)cc1)n2C. The van der Waals surface area contributed by atoms with E-state index in [1.807, 2.05) is 40.8 Å². The van der Waals surface area contributed by atoms with Gasteiger partial charge in [-0.2, -0.15) is 9.30 Å². The maximum Gasteiger partial charge on any atom is 0.279 e.